The maximum Gasteiger partial charge on any atom is 0.231 e. The van der Waals surface area contributed by atoms with Crippen LogP contribution in [-0.4, -0.2) is 42.2 Å². The van der Waals surface area contributed by atoms with Gasteiger partial charge in [-0.3, -0.25) is 0 Å². The molecule has 1 heterocycles. The van der Waals surface area contributed by atoms with Gasteiger partial charge in [0.2, 0.25) is 5.89 Å². The van der Waals surface area contributed by atoms with Gasteiger partial charge in [0.25, 0.3) is 0 Å². The molecule has 0 bridgehead atoms. The van der Waals surface area contributed by atoms with Crippen molar-refractivity contribution in [3.63, 3.8) is 0 Å². The van der Waals surface area contributed by atoms with Gasteiger partial charge in [0, 0.05) is 19.5 Å². The average molecular weight is 226 g/mol. The van der Waals surface area contributed by atoms with Gasteiger partial charge in [-0.1, -0.05) is 18.5 Å². The van der Waals surface area contributed by atoms with Crippen LogP contribution in [0.15, 0.2) is 4.52 Å². The molecule has 1 rings (SSSR count). The summed E-state index contributed by atoms with van der Waals surface area (Å²) < 4.78 is 5.24. The van der Waals surface area contributed by atoms with E-state index in [4.69, 9.17) is 10.3 Å². The van der Waals surface area contributed by atoms with Crippen LogP contribution < -0.4 is 5.73 Å². The number of rotatable bonds is 7. The number of hydrogen-bond donors (Lipinski definition) is 1. The van der Waals surface area contributed by atoms with E-state index in [0.717, 1.165) is 31.6 Å². The van der Waals surface area contributed by atoms with Crippen molar-refractivity contribution in [3.05, 3.63) is 11.7 Å². The van der Waals surface area contributed by atoms with Crippen molar-refractivity contribution in [2.24, 2.45) is 5.73 Å². The molecule has 0 radical (unpaired) electrons. The molecule has 1 unspecified atom stereocenters. The first-order valence-electron chi connectivity index (χ1n) is 5.84. The summed E-state index contributed by atoms with van der Waals surface area (Å²) >= 11 is 0. The van der Waals surface area contributed by atoms with Crippen LogP contribution in [0, 0.1) is 0 Å². The second kappa shape index (κ2) is 6.60. The Balaban J connectivity index is 2.55. The number of nitrogens with zero attached hydrogens (tertiary/aromatic N) is 3. The highest BCUT2D eigenvalue weighted by atomic mass is 16.5. The lowest BCUT2D eigenvalue weighted by Crippen LogP contribution is -2.16. The summed E-state index contributed by atoms with van der Waals surface area (Å²) in [4.78, 5) is 6.49. The van der Waals surface area contributed by atoms with Gasteiger partial charge in [0.1, 0.15) is 0 Å². The summed E-state index contributed by atoms with van der Waals surface area (Å²) in [6, 6.07) is 0. The van der Waals surface area contributed by atoms with Gasteiger partial charge in [-0.2, -0.15) is 4.98 Å². The second-order valence-electron chi connectivity index (χ2n) is 4.32. The molecule has 0 aromatic carbocycles. The lowest BCUT2D eigenvalue weighted by atomic mass is 10.0. The molecule has 2 N–H and O–H groups in total. The fourth-order valence-corrected chi connectivity index (χ4v) is 1.55. The normalized spacial score (nSPS) is 13.3. The van der Waals surface area contributed by atoms with Gasteiger partial charge in [-0.25, -0.2) is 0 Å². The van der Waals surface area contributed by atoms with Crippen molar-refractivity contribution in [2.75, 3.05) is 27.2 Å². The Morgan fingerprint density at radius 2 is 2.19 bits per heavy atom. The summed E-state index contributed by atoms with van der Waals surface area (Å²) in [5, 5.41) is 3.97. The number of likely N-dealkylation sites (N-methyl/N-ethyl adjacent to an activating group) is 1. The molecule has 0 saturated carbocycles. The first-order valence-corrected chi connectivity index (χ1v) is 5.84. The van der Waals surface area contributed by atoms with Crippen LogP contribution in [0.5, 0.6) is 0 Å². The molecule has 0 saturated heterocycles. The van der Waals surface area contributed by atoms with E-state index in [2.05, 4.69) is 22.0 Å². The second-order valence-corrected chi connectivity index (χ2v) is 4.32. The highest BCUT2D eigenvalue weighted by molar-refractivity contribution is 4.95. The molecule has 92 valence electrons. The minimum atomic E-state index is 0.214. The van der Waals surface area contributed by atoms with E-state index in [9.17, 15) is 0 Å². The maximum atomic E-state index is 5.69. The van der Waals surface area contributed by atoms with E-state index in [-0.39, 0.29) is 5.92 Å². The topological polar surface area (TPSA) is 68.2 Å². The molecule has 1 aromatic heterocycles. The van der Waals surface area contributed by atoms with Crippen molar-refractivity contribution >= 4 is 0 Å². The largest absolute Gasteiger partial charge is 0.339 e. The molecule has 0 aliphatic heterocycles. The molecular formula is C11H22N4O. The number of hydrogen-bond acceptors (Lipinski definition) is 5. The molecule has 5 heteroatoms. The molecular weight excluding hydrogens is 204 g/mol. The Hall–Kier alpha value is -0.940. The molecule has 0 aliphatic carbocycles. The Kier molecular flexibility index (Phi) is 5.42. The van der Waals surface area contributed by atoms with Gasteiger partial charge in [0.15, 0.2) is 5.82 Å². The van der Waals surface area contributed by atoms with Crippen LogP contribution in [0.1, 0.15) is 37.4 Å². The quantitative estimate of drug-likeness (QED) is 0.751. The summed E-state index contributed by atoms with van der Waals surface area (Å²) in [6.45, 7) is 3.63. The minimum Gasteiger partial charge on any atom is -0.339 e. The predicted octanol–water partition coefficient (Wildman–Crippen LogP) is 1.02. The average Bonchev–Trinajstić information content (AvgIpc) is 2.71. The van der Waals surface area contributed by atoms with E-state index in [0.29, 0.717) is 12.4 Å². The third-order valence-corrected chi connectivity index (χ3v) is 2.54. The van der Waals surface area contributed by atoms with Crippen LogP contribution in [-0.2, 0) is 6.42 Å². The maximum absolute atomic E-state index is 5.69. The molecule has 0 amide bonds. The van der Waals surface area contributed by atoms with Crippen LogP contribution in [0.2, 0.25) is 0 Å². The zero-order valence-electron chi connectivity index (χ0n) is 10.4. The first kappa shape index (κ1) is 13.1. The van der Waals surface area contributed by atoms with Crippen LogP contribution in [0.4, 0.5) is 0 Å². The Morgan fingerprint density at radius 3 is 2.75 bits per heavy atom. The highest BCUT2D eigenvalue weighted by Crippen LogP contribution is 2.18. The lowest BCUT2D eigenvalue weighted by Gasteiger charge is -2.07. The van der Waals surface area contributed by atoms with Crippen molar-refractivity contribution < 1.29 is 4.52 Å². The Morgan fingerprint density at radius 1 is 1.44 bits per heavy atom. The number of nitrogens with two attached hydrogens (primary N) is 1. The molecule has 0 spiro atoms. The first-order chi connectivity index (χ1) is 7.67. The molecule has 16 heavy (non-hydrogen) atoms. The molecule has 5 nitrogen and oxygen atoms in total. The van der Waals surface area contributed by atoms with Gasteiger partial charge in [0.05, 0.1) is 5.92 Å². The smallest absolute Gasteiger partial charge is 0.231 e. The monoisotopic (exact) mass is 226 g/mol. The van der Waals surface area contributed by atoms with Crippen molar-refractivity contribution in [1.29, 1.82) is 0 Å². The SMILES string of the molecule is CCCC(CN)c1nc(CCN(C)C)no1. The van der Waals surface area contributed by atoms with E-state index in [1.165, 1.54) is 0 Å². The van der Waals surface area contributed by atoms with Gasteiger partial charge >= 0.3 is 0 Å². The van der Waals surface area contributed by atoms with Gasteiger partial charge in [-0.05, 0) is 20.5 Å². The molecule has 1 atom stereocenters. The lowest BCUT2D eigenvalue weighted by molar-refractivity contribution is 0.341. The zero-order chi connectivity index (χ0) is 12.0. The van der Waals surface area contributed by atoms with E-state index in [1.807, 2.05) is 14.1 Å². The standard InChI is InChI=1S/C11H22N4O/c1-4-5-9(8-12)11-13-10(14-16-11)6-7-15(2)3/h9H,4-8,12H2,1-3H3. The zero-order valence-corrected chi connectivity index (χ0v) is 10.4. The third kappa shape index (κ3) is 3.90. The van der Waals surface area contributed by atoms with E-state index in [1.54, 1.807) is 0 Å². The van der Waals surface area contributed by atoms with Crippen molar-refractivity contribution in [1.82, 2.24) is 15.0 Å². The van der Waals surface area contributed by atoms with E-state index < -0.39 is 0 Å². The fourth-order valence-electron chi connectivity index (χ4n) is 1.55. The van der Waals surface area contributed by atoms with Gasteiger partial charge < -0.3 is 15.2 Å². The van der Waals surface area contributed by atoms with Crippen LogP contribution >= 0.6 is 0 Å². The highest BCUT2D eigenvalue weighted by Gasteiger charge is 2.16. The van der Waals surface area contributed by atoms with Crippen LogP contribution in [0.25, 0.3) is 0 Å². The Labute approximate surface area is 97.0 Å². The fraction of sp³-hybridized carbons (Fsp3) is 0.818. The van der Waals surface area contributed by atoms with Crippen molar-refractivity contribution in [3.8, 4) is 0 Å². The molecule has 0 aliphatic rings. The van der Waals surface area contributed by atoms with Crippen molar-refractivity contribution in [2.45, 2.75) is 32.1 Å². The van der Waals surface area contributed by atoms with Crippen LogP contribution in [0.3, 0.4) is 0 Å². The summed E-state index contributed by atoms with van der Waals surface area (Å²) in [6.07, 6.45) is 2.91. The van der Waals surface area contributed by atoms with E-state index >= 15 is 0 Å². The third-order valence-electron chi connectivity index (χ3n) is 2.54. The summed E-state index contributed by atoms with van der Waals surface area (Å²) in [5.41, 5.74) is 5.69. The predicted molar refractivity (Wildman–Crippen MR) is 63.3 cm³/mol. The summed E-state index contributed by atoms with van der Waals surface area (Å²) in [7, 11) is 4.06. The van der Waals surface area contributed by atoms with Gasteiger partial charge in [-0.15, -0.1) is 0 Å². The molecule has 0 fully saturated rings. The molecule has 1 aromatic rings. The Bertz CT molecular complexity index is 298. The number of aromatic nitrogens is 2. The minimum absolute atomic E-state index is 0.214. The summed E-state index contributed by atoms with van der Waals surface area (Å²) in [5.74, 6) is 1.68.